The van der Waals surface area contributed by atoms with Gasteiger partial charge in [0, 0.05) is 11.4 Å². The Morgan fingerprint density at radius 2 is 1.22 bits per heavy atom. The molecule has 7 heteroatoms. The molecule has 0 heterocycles. The number of ether oxygens (including phenoxy) is 1. The second-order valence-electron chi connectivity index (χ2n) is 5.48. The third-order valence-electron chi connectivity index (χ3n) is 3.47. The van der Waals surface area contributed by atoms with Crippen LogP contribution in [0.5, 0.6) is 11.5 Å². The van der Waals surface area contributed by atoms with Crippen LogP contribution in [0.4, 0.5) is 11.4 Å². The van der Waals surface area contributed by atoms with Gasteiger partial charge >= 0.3 is 11.8 Å². The van der Waals surface area contributed by atoms with E-state index in [9.17, 15) is 9.59 Å². The minimum Gasteiger partial charge on any atom is -0.457 e. The van der Waals surface area contributed by atoms with E-state index >= 15 is 0 Å². The summed E-state index contributed by atoms with van der Waals surface area (Å²) in [5.74, 6) is -0.314. The van der Waals surface area contributed by atoms with Crippen molar-refractivity contribution in [2.24, 2.45) is 0 Å². The lowest BCUT2D eigenvalue weighted by Crippen LogP contribution is -2.29. The highest BCUT2D eigenvalue weighted by Gasteiger charge is 2.14. The second kappa shape index (κ2) is 8.58. The average molecular weight is 401 g/mol. The molecule has 136 valence electrons. The number of para-hydroxylation sites is 1. The summed E-state index contributed by atoms with van der Waals surface area (Å²) >= 11 is 11.7. The molecule has 3 rings (SSSR count). The molecule has 0 aliphatic rings. The van der Waals surface area contributed by atoms with Crippen molar-refractivity contribution >= 4 is 46.4 Å². The van der Waals surface area contributed by atoms with Crippen LogP contribution in [0.3, 0.4) is 0 Å². The van der Waals surface area contributed by atoms with Crippen molar-refractivity contribution in [3.05, 3.63) is 82.8 Å². The maximum atomic E-state index is 12.0. The molecule has 3 aromatic carbocycles. The molecule has 0 aromatic heterocycles. The number of hydrogen-bond acceptors (Lipinski definition) is 3. The van der Waals surface area contributed by atoms with E-state index in [4.69, 9.17) is 27.9 Å². The molecule has 0 fully saturated rings. The first-order chi connectivity index (χ1) is 13.0. The van der Waals surface area contributed by atoms with E-state index in [1.165, 1.54) is 12.1 Å². The highest BCUT2D eigenvalue weighted by atomic mass is 35.5. The second-order valence-corrected chi connectivity index (χ2v) is 6.29. The van der Waals surface area contributed by atoms with E-state index in [0.29, 0.717) is 27.9 Å². The minimum atomic E-state index is -0.821. The number of nitrogens with one attached hydrogen (secondary N) is 2. The van der Waals surface area contributed by atoms with Gasteiger partial charge in [0.15, 0.2) is 0 Å². The molecule has 0 unspecified atom stereocenters. The highest BCUT2D eigenvalue weighted by molar-refractivity contribution is 6.44. The lowest BCUT2D eigenvalue weighted by molar-refractivity contribution is -0.132. The number of halogens is 2. The lowest BCUT2D eigenvalue weighted by Gasteiger charge is -2.09. The Labute approximate surface area is 165 Å². The summed E-state index contributed by atoms with van der Waals surface area (Å²) in [4.78, 5) is 24.0. The van der Waals surface area contributed by atoms with Crippen molar-refractivity contribution in [2.45, 2.75) is 0 Å². The number of carbonyl (C=O) groups excluding carboxylic acids is 2. The summed E-state index contributed by atoms with van der Waals surface area (Å²) in [7, 11) is 0. The molecule has 0 saturated carbocycles. The van der Waals surface area contributed by atoms with Gasteiger partial charge in [0.1, 0.15) is 11.5 Å². The van der Waals surface area contributed by atoms with Crippen LogP contribution in [-0.2, 0) is 9.59 Å². The largest absolute Gasteiger partial charge is 0.457 e. The SMILES string of the molecule is O=C(Nc1ccc(Oc2ccccc2)cc1)C(=O)Nc1ccc(Cl)c(Cl)c1. The minimum absolute atomic E-state index is 0.281. The fourth-order valence-corrected chi connectivity index (χ4v) is 2.48. The van der Waals surface area contributed by atoms with Crippen molar-refractivity contribution in [2.75, 3.05) is 10.6 Å². The van der Waals surface area contributed by atoms with Gasteiger partial charge in [0.25, 0.3) is 0 Å². The van der Waals surface area contributed by atoms with Gasteiger partial charge in [-0.05, 0) is 54.6 Å². The van der Waals surface area contributed by atoms with Gasteiger partial charge < -0.3 is 15.4 Å². The smallest absolute Gasteiger partial charge is 0.314 e. The zero-order valence-electron chi connectivity index (χ0n) is 13.9. The molecular weight excluding hydrogens is 387 g/mol. The van der Waals surface area contributed by atoms with Gasteiger partial charge in [-0.2, -0.15) is 0 Å². The van der Waals surface area contributed by atoms with Crippen molar-refractivity contribution < 1.29 is 14.3 Å². The molecule has 2 amide bonds. The molecule has 0 bridgehead atoms. The van der Waals surface area contributed by atoms with Crippen LogP contribution in [0.15, 0.2) is 72.8 Å². The predicted octanol–water partition coefficient (Wildman–Crippen LogP) is 5.36. The van der Waals surface area contributed by atoms with Crippen LogP contribution in [0, 0.1) is 0 Å². The Kier molecular flexibility index (Phi) is 5.96. The van der Waals surface area contributed by atoms with Gasteiger partial charge in [-0.15, -0.1) is 0 Å². The van der Waals surface area contributed by atoms with Crippen LogP contribution in [0.2, 0.25) is 10.0 Å². The Bertz CT molecular complexity index is 961. The summed E-state index contributed by atoms with van der Waals surface area (Å²) < 4.78 is 5.67. The van der Waals surface area contributed by atoms with Gasteiger partial charge in [0.2, 0.25) is 0 Å². The molecule has 0 spiro atoms. The third kappa shape index (κ3) is 5.23. The van der Waals surface area contributed by atoms with Crippen molar-refractivity contribution in [1.29, 1.82) is 0 Å². The Balaban J connectivity index is 1.58. The zero-order valence-corrected chi connectivity index (χ0v) is 15.4. The molecule has 5 nitrogen and oxygen atoms in total. The number of rotatable bonds is 4. The van der Waals surface area contributed by atoms with Gasteiger partial charge in [-0.3, -0.25) is 9.59 Å². The fraction of sp³-hybridized carbons (Fsp3) is 0. The normalized spacial score (nSPS) is 10.1. The van der Waals surface area contributed by atoms with E-state index in [-0.39, 0.29) is 5.02 Å². The molecule has 0 aliphatic carbocycles. The van der Waals surface area contributed by atoms with Crippen LogP contribution in [0.1, 0.15) is 0 Å². The van der Waals surface area contributed by atoms with E-state index in [0.717, 1.165) is 0 Å². The first kappa shape index (κ1) is 18.8. The van der Waals surface area contributed by atoms with Crippen molar-refractivity contribution in [3.8, 4) is 11.5 Å². The Morgan fingerprint density at radius 1 is 0.667 bits per heavy atom. The van der Waals surface area contributed by atoms with E-state index in [1.807, 2.05) is 30.3 Å². The van der Waals surface area contributed by atoms with Gasteiger partial charge in [0.05, 0.1) is 10.0 Å². The summed E-state index contributed by atoms with van der Waals surface area (Å²) in [5, 5.41) is 5.61. The van der Waals surface area contributed by atoms with Gasteiger partial charge in [-0.25, -0.2) is 0 Å². The highest BCUT2D eigenvalue weighted by Crippen LogP contribution is 2.25. The van der Waals surface area contributed by atoms with Crippen LogP contribution >= 0.6 is 23.2 Å². The molecule has 0 saturated heterocycles. The summed E-state index contributed by atoms with van der Waals surface area (Å²) in [5.41, 5.74) is 0.834. The standard InChI is InChI=1S/C20H14Cl2N2O3/c21-17-11-8-14(12-18(17)22)24-20(26)19(25)23-13-6-9-16(10-7-13)27-15-4-2-1-3-5-15/h1-12H,(H,23,25)(H,24,26). The Hall–Kier alpha value is -3.02. The average Bonchev–Trinajstić information content (AvgIpc) is 2.67. The van der Waals surface area contributed by atoms with E-state index in [2.05, 4.69) is 10.6 Å². The topological polar surface area (TPSA) is 67.4 Å². The molecular formula is C20H14Cl2N2O3. The maximum Gasteiger partial charge on any atom is 0.314 e. The van der Waals surface area contributed by atoms with E-state index in [1.54, 1.807) is 30.3 Å². The first-order valence-corrected chi connectivity index (χ1v) is 8.67. The van der Waals surface area contributed by atoms with Gasteiger partial charge in [-0.1, -0.05) is 41.4 Å². The first-order valence-electron chi connectivity index (χ1n) is 7.91. The summed E-state index contributed by atoms with van der Waals surface area (Å²) in [6.45, 7) is 0. The fourth-order valence-electron chi connectivity index (χ4n) is 2.18. The molecule has 2 N–H and O–H groups in total. The monoisotopic (exact) mass is 400 g/mol. The number of benzene rings is 3. The predicted molar refractivity (Wildman–Crippen MR) is 107 cm³/mol. The number of hydrogen-bond donors (Lipinski definition) is 2. The number of anilines is 2. The number of amides is 2. The maximum absolute atomic E-state index is 12.0. The molecule has 3 aromatic rings. The lowest BCUT2D eigenvalue weighted by atomic mass is 10.3. The zero-order chi connectivity index (χ0) is 19.2. The molecule has 0 aliphatic heterocycles. The van der Waals surface area contributed by atoms with Crippen LogP contribution < -0.4 is 15.4 Å². The van der Waals surface area contributed by atoms with E-state index < -0.39 is 11.8 Å². The Morgan fingerprint density at radius 3 is 1.85 bits per heavy atom. The molecule has 27 heavy (non-hydrogen) atoms. The van der Waals surface area contributed by atoms with Crippen molar-refractivity contribution in [1.82, 2.24) is 0 Å². The third-order valence-corrected chi connectivity index (χ3v) is 4.21. The molecule has 0 radical (unpaired) electrons. The van der Waals surface area contributed by atoms with Crippen LogP contribution in [-0.4, -0.2) is 11.8 Å². The quantitative estimate of drug-likeness (QED) is 0.578. The summed E-state index contributed by atoms with van der Waals surface area (Å²) in [6.07, 6.45) is 0. The van der Waals surface area contributed by atoms with Crippen molar-refractivity contribution in [3.63, 3.8) is 0 Å². The number of carbonyl (C=O) groups is 2. The molecule has 0 atom stereocenters. The van der Waals surface area contributed by atoms with Crippen LogP contribution in [0.25, 0.3) is 0 Å². The summed E-state index contributed by atoms with van der Waals surface area (Å²) in [6, 6.07) is 20.5.